The zero-order valence-corrected chi connectivity index (χ0v) is 12.9. The molecule has 1 amide bonds. The van der Waals surface area contributed by atoms with Crippen LogP contribution < -0.4 is 10.6 Å². The summed E-state index contributed by atoms with van der Waals surface area (Å²) in [5.74, 6) is 0.113. The zero-order chi connectivity index (χ0) is 13.7. The average Bonchev–Trinajstić information content (AvgIpc) is 2.40. The number of hydrogen-bond acceptors (Lipinski definition) is 2. The van der Waals surface area contributed by atoms with Crippen molar-refractivity contribution in [1.82, 2.24) is 10.6 Å². The fraction of sp³-hybridized carbons (Fsp3) is 0.533. The lowest BCUT2D eigenvalue weighted by molar-refractivity contribution is -0.121. The molecule has 2 rings (SSSR count). The van der Waals surface area contributed by atoms with Gasteiger partial charge in [-0.25, -0.2) is 0 Å². The molecule has 0 aromatic heterocycles. The number of halogens is 1. The van der Waals surface area contributed by atoms with Crippen LogP contribution in [-0.2, 0) is 11.2 Å². The van der Waals surface area contributed by atoms with Gasteiger partial charge in [-0.3, -0.25) is 4.79 Å². The van der Waals surface area contributed by atoms with Crippen molar-refractivity contribution in [2.45, 2.75) is 26.2 Å². The van der Waals surface area contributed by atoms with Crippen LogP contribution in [0, 0.1) is 5.41 Å². The smallest absolute Gasteiger partial charge is 0.224 e. The van der Waals surface area contributed by atoms with Crippen molar-refractivity contribution in [3.05, 3.63) is 34.3 Å². The van der Waals surface area contributed by atoms with Gasteiger partial charge in [0.05, 0.1) is 6.42 Å². The Labute approximate surface area is 123 Å². The molecule has 0 atom stereocenters. The summed E-state index contributed by atoms with van der Waals surface area (Å²) >= 11 is 3.40. The first kappa shape index (κ1) is 14.5. The lowest BCUT2D eigenvalue weighted by Crippen LogP contribution is -2.43. The Morgan fingerprint density at radius 1 is 1.32 bits per heavy atom. The molecule has 0 aliphatic carbocycles. The lowest BCUT2D eigenvalue weighted by atomic mass is 9.81. The monoisotopic (exact) mass is 324 g/mol. The Bertz CT molecular complexity index is 424. The van der Waals surface area contributed by atoms with Gasteiger partial charge in [-0.15, -0.1) is 0 Å². The van der Waals surface area contributed by atoms with E-state index in [-0.39, 0.29) is 11.3 Å². The molecule has 0 unspecified atom stereocenters. The first-order valence-electron chi connectivity index (χ1n) is 6.79. The van der Waals surface area contributed by atoms with Crippen molar-refractivity contribution in [3.8, 4) is 0 Å². The predicted octanol–water partition coefficient (Wildman–Crippen LogP) is 2.50. The molecule has 1 saturated heterocycles. The van der Waals surface area contributed by atoms with E-state index in [1.807, 2.05) is 24.3 Å². The van der Waals surface area contributed by atoms with Crippen LogP contribution in [0.4, 0.5) is 0 Å². The van der Waals surface area contributed by atoms with Gasteiger partial charge in [-0.05, 0) is 49.0 Å². The van der Waals surface area contributed by atoms with Crippen LogP contribution in [0.5, 0.6) is 0 Å². The average molecular weight is 325 g/mol. The topological polar surface area (TPSA) is 41.1 Å². The fourth-order valence-corrected chi connectivity index (χ4v) is 2.63. The number of piperidine rings is 1. The molecule has 1 aromatic rings. The second-order valence-corrected chi connectivity index (χ2v) is 6.56. The Morgan fingerprint density at radius 2 is 1.95 bits per heavy atom. The molecule has 1 fully saturated rings. The second-order valence-electron chi connectivity index (χ2n) is 5.64. The van der Waals surface area contributed by atoms with Gasteiger partial charge in [0.25, 0.3) is 0 Å². The minimum absolute atomic E-state index is 0.113. The van der Waals surface area contributed by atoms with Crippen LogP contribution in [0.15, 0.2) is 28.7 Å². The molecule has 19 heavy (non-hydrogen) atoms. The molecule has 0 saturated carbocycles. The molecular weight excluding hydrogens is 304 g/mol. The van der Waals surface area contributed by atoms with Crippen LogP contribution in [-0.4, -0.2) is 25.5 Å². The molecule has 1 aromatic carbocycles. The fourth-order valence-electron chi connectivity index (χ4n) is 2.37. The Hall–Kier alpha value is -0.870. The summed E-state index contributed by atoms with van der Waals surface area (Å²) in [6.07, 6.45) is 2.72. The Morgan fingerprint density at radius 3 is 2.58 bits per heavy atom. The molecule has 4 heteroatoms. The molecule has 104 valence electrons. The highest BCUT2D eigenvalue weighted by atomic mass is 79.9. The van der Waals surface area contributed by atoms with Gasteiger partial charge in [0.2, 0.25) is 5.91 Å². The highest BCUT2D eigenvalue weighted by Gasteiger charge is 2.26. The van der Waals surface area contributed by atoms with Gasteiger partial charge in [-0.1, -0.05) is 35.0 Å². The molecule has 1 aliphatic heterocycles. The van der Waals surface area contributed by atoms with E-state index in [4.69, 9.17) is 0 Å². The van der Waals surface area contributed by atoms with Crippen molar-refractivity contribution in [2.75, 3.05) is 19.6 Å². The van der Waals surface area contributed by atoms with Gasteiger partial charge in [0, 0.05) is 11.0 Å². The summed E-state index contributed by atoms with van der Waals surface area (Å²) in [6, 6.07) is 7.90. The highest BCUT2D eigenvalue weighted by molar-refractivity contribution is 9.10. The van der Waals surface area contributed by atoms with Gasteiger partial charge >= 0.3 is 0 Å². The largest absolute Gasteiger partial charge is 0.355 e. The maximum Gasteiger partial charge on any atom is 0.224 e. The van der Waals surface area contributed by atoms with Crippen molar-refractivity contribution in [1.29, 1.82) is 0 Å². The van der Waals surface area contributed by atoms with Crippen LogP contribution in [0.25, 0.3) is 0 Å². The van der Waals surface area contributed by atoms with Crippen molar-refractivity contribution >= 4 is 21.8 Å². The third kappa shape index (κ3) is 4.62. The first-order chi connectivity index (χ1) is 9.07. The summed E-state index contributed by atoms with van der Waals surface area (Å²) in [5.41, 5.74) is 1.30. The number of benzene rings is 1. The summed E-state index contributed by atoms with van der Waals surface area (Å²) in [6.45, 7) is 5.15. The number of amides is 1. The van der Waals surface area contributed by atoms with Crippen molar-refractivity contribution in [2.24, 2.45) is 5.41 Å². The first-order valence-corrected chi connectivity index (χ1v) is 7.59. The van der Waals surface area contributed by atoms with E-state index >= 15 is 0 Å². The van der Waals surface area contributed by atoms with Crippen LogP contribution in [0.2, 0.25) is 0 Å². The third-order valence-electron chi connectivity index (χ3n) is 3.80. The summed E-state index contributed by atoms with van der Waals surface area (Å²) < 4.78 is 1.04. The van der Waals surface area contributed by atoms with E-state index in [0.29, 0.717) is 6.42 Å². The highest BCUT2D eigenvalue weighted by Crippen LogP contribution is 2.26. The molecule has 3 nitrogen and oxygen atoms in total. The van der Waals surface area contributed by atoms with E-state index in [2.05, 4.69) is 33.5 Å². The molecule has 0 spiro atoms. The molecule has 1 heterocycles. The Kier molecular flexibility index (Phi) is 4.99. The van der Waals surface area contributed by atoms with Crippen molar-refractivity contribution in [3.63, 3.8) is 0 Å². The van der Waals surface area contributed by atoms with Gasteiger partial charge in [-0.2, -0.15) is 0 Å². The summed E-state index contributed by atoms with van der Waals surface area (Å²) in [7, 11) is 0. The summed E-state index contributed by atoms with van der Waals surface area (Å²) in [4.78, 5) is 11.9. The predicted molar refractivity (Wildman–Crippen MR) is 81.1 cm³/mol. The minimum Gasteiger partial charge on any atom is -0.355 e. The van der Waals surface area contributed by atoms with Crippen LogP contribution in [0.3, 0.4) is 0 Å². The molecular formula is C15H21BrN2O. The van der Waals surface area contributed by atoms with Gasteiger partial charge in [0.1, 0.15) is 0 Å². The number of carbonyl (C=O) groups excluding carboxylic acids is 1. The second kappa shape index (κ2) is 6.53. The van der Waals surface area contributed by atoms with E-state index in [0.717, 1.165) is 42.5 Å². The molecule has 2 N–H and O–H groups in total. The quantitative estimate of drug-likeness (QED) is 0.893. The zero-order valence-electron chi connectivity index (χ0n) is 11.3. The van der Waals surface area contributed by atoms with Gasteiger partial charge in [0.15, 0.2) is 0 Å². The van der Waals surface area contributed by atoms with Gasteiger partial charge < -0.3 is 10.6 Å². The minimum atomic E-state index is 0.113. The van der Waals surface area contributed by atoms with Crippen molar-refractivity contribution < 1.29 is 4.79 Å². The number of rotatable bonds is 4. The normalized spacial score (nSPS) is 18.0. The van der Waals surface area contributed by atoms with Crippen LogP contribution in [0.1, 0.15) is 25.3 Å². The van der Waals surface area contributed by atoms with E-state index in [9.17, 15) is 4.79 Å². The molecule has 0 bridgehead atoms. The van der Waals surface area contributed by atoms with Crippen LogP contribution >= 0.6 is 15.9 Å². The SMILES string of the molecule is CC1(CNC(=O)Cc2ccc(Br)cc2)CCNCC1. The number of nitrogens with one attached hydrogen (secondary N) is 2. The maximum absolute atomic E-state index is 11.9. The maximum atomic E-state index is 11.9. The standard InChI is InChI=1S/C15H21BrN2O/c1-15(6-8-17-9-7-15)11-18-14(19)10-12-2-4-13(16)5-3-12/h2-5,17H,6-11H2,1H3,(H,18,19). The van der Waals surface area contributed by atoms with E-state index in [1.54, 1.807) is 0 Å². The third-order valence-corrected chi connectivity index (χ3v) is 4.33. The van der Waals surface area contributed by atoms with E-state index < -0.39 is 0 Å². The number of hydrogen-bond donors (Lipinski definition) is 2. The molecule has 0 radical (unpaired) electrons. The number of carbonyl (C=O) groups is 1. The Balaban J connectivity index is 1.79. The summed E-state index contributed by atoms with van der Waals surface area (Å²) in [5, 5.41) is 6.43. The van der Waals surface area contributed by atoms with E-state index in [1.165, 1.54) is 0 Å². The molecule has 1 aliphatic rings. The lowest BCUT2D eigenvalue weighted by Gasteiger charge is -2.34.